The fourth-order valence-corrected chi connectivity index (χ4v) is 3.66. The van der Waals surface area contributed by atoms with Gasteiger partial charge in [0.2, 0.25) is 0 Å². The molecule has 0 aromatic heterocycles. The molecule has 0 nitrogen and oxygen atoms in total. The van der Waals surface area contributed by atoms with Gasteiger partial charge >= 0.3 is 0 Å². The van der Waals surface area contributed by atoms with Gasteiger partial charge in [0.25, 0.3) is 0 Å². The van der Waals surface area contributed by atoms with E-state index < -0.39 is 0 Å². The Morgan fingerprint density at radius 3 is 1.71 bits per heavy atom. The van der Waals surface area contributed by atoms with Crippen LogP contribution in [0.5, 0.6) is 0 Å². The highest BCUT2D eigenvalue weighted by molar-refractivity contribution is 6.15. The smallest absolute Gasteiger partial charge is 0.0173 e. The van der Waals surface area contributed by atoms with Gasteiger partial charge in [-0.15, -0.1) is 0 Å². The van der Waals surface area contributed by atoms with Gasteiger partial charge in [0, 0.05) is 10.2 Å². The highest BCUT2D eigenvalue weighted by Gasteiger charge is 2.39. The minimum Gasteiger partial charge on any atom is -0.0625 e. The van der Waals surface area contributed by atoms with E-state index in [1.807, 2.05) is 0 Å². The molecule has 14 heavy (non-hydrogen) atoms. The molecule has 1 fully saturated rings. The van der Waals surface area contributed by atoms with Gasteiger partial charge in [0.1, 0.15) is 0 Å². The maximum Gasteiger partial charge on any atom is 0.0173 e. The van der Waals surface area contributed by atoms with E-state index in [2.05, 4.69) is 37.9 Å². The largest absolute Gasteiger partial charge is 0.0625 e. The maximum atomic E-state index is 2.42. The summed E-state index contributed by atoms with van der Waals surface area (Å²) in [5, 5.41) is 0.598. The summed E-state index contributed by atoms with van der Waals surface area (Å²) < 4.78 is 0. The molecule has 0 heterocycles. The van der Waals surface area contributed by atoms with E-state index in [1.54, 1.807) is 0 Å². The summed E-state index contributed by atoms with van der Waals surface area (Å²) in [6, 6.07) is 0. The molecule has 1 aliphatic carbocycles. The monoisotopic (exact) mass is 211 g/mol. The van der Waals surface area contributed by atoms with E-state index in [0.29, 0.717) is 5.04 Å². The Kier molecular flexibility index (Phi) is 4.24. The molecule has 1 aliphatic rings. The van der Waals surface area contributed by atoms with Gasteiger partial charge in [0.15, 0.2) is 0 Å². The Morgan fingerprint density at radius 1 is 0.929 bits per heavy atom. The molecule has 0 N–H and O–H groups in total. The van der Waals surface area contributed by atoms with Gasteiger partial charge < -0.3 is 0 Å². The molecule has 0 aliphatic heterocycles. The SMILES string of the molecule is CC(C)C([SiH2])(C(C)C)C1CCCCC1. The molecule has 0 aromatic rings. The topological polar surface area (TPSA) is 0 Å². The summed E-state index contributed by atoms with van der Waals surface area (Å²) in [5.41, 5.74) is 0. The lowest BCUT2D eigenvalue weighted by Crippen LogP contribution is -2.35. The number of hydrogen-bond donors (Lipinski definition) is 0. The van der Waals surface area contributed by atoms with E-state index in [9.17, 15) is 0 Å². The van der Waals surface area contributed by atoms with E-state index >= 15 is 0 Å². The van der Waals surface area contributed by atoms with Crippen LogP contribution < -0.4 is 0 Å². The highest BCUT2D eigenvalue weighted by Crippen LogP contribution is 2.52. The van der Waals surface area contributed by atoms with Crippen molar-refractivity contribution >= 4 is 10.2 Å². The Bertz CT molecular complexity index is 158. The molecule has 1 saturated carbocycles. The average molecular weight is 211 g/mol. The Morgan fingerprint density at radius 2 is 1.36 bits per heavy atom. The van der Waals surface area contributed by atoms with Gasteiger partial charge in [-0.2, -0.15) is 0 Å². The normalized spacial score (nSPS) is 20.8. The summed E-state index contributed by atoms with van der Waals surface area (Å²) >= 11 is 0. The van der Waals surface area contributed by atoms with Gasteiger partial charge in [0.05, 0.1) is 0 Å². The fraction of sp³-hybridized carbons (Fsp3) is 1.00. The van der Waals surface area contributed by atoms with Crippen molar-refractivity contribution in [3.8, 4) is 0 Å². The van der Waals surface area contributed by atoms with Crippen LogP contribution in [0.3, 0.4) is 0 Å². The maximum absolute atomic E-state index is 2.42. The van der Waals surface area contributed by atoms with Crippen LogP contribution in [0.1, 0.15) is 59.8 Å². The van der Waals surface area contributed by atoms with Crippen molar-refractivity contribution in [2.75, 3.05) is 0 Å². The van der Waals surface area contributed by atoms with Crippen LogP contribution in [0.15, 0.2) is 0 Å². The van der Waals surface area contributed by atoms with Crippen molar-refractivity contribution < 1.29 is 0 Å². The zero-order valence-electron chi connectivity index (χ0n) is 10.5. The fourth-order valence-electron chi connectivity index (χ4n) is 3.25. The molecule has 0 aromatic carbocycles. The average Bonchev–Trinajstić information content (AvgIpc) is 2.17. The van der Waals surface area contributed by atoms with Crippen LogP contribution in [0, 0.1) is 17.8 Å². The second-order valence-electron chi connectivity index (χ2n) is 5.76. The van der Waals surface area contributed by atoms with Crippen LogP contribution >= 0.6 is 0 Å². The molecule has 1 rings (SSSR count). The van der Waals surface area contributed by atoms with Crippen molar-refractivity contribution in [1.29, 1.82) is 0 Å². The van der Waals surface area contributed by atoms with Crippen molar-refractivity contribution in [3.05, 3.63) is 0 Å². The predicted octanol–water partition coefficient (Wildman–Crippen LogP) is 3.67. The molecule has 0 amide bonds. The first-order valence-corrected chi connectivity index (χ1v) is 7.05. The van der Waals surface area contributed by atoms with Crippen LogP contribution in [0.25, 0.3) is 0 Å². The van der Waals surface area contributed by atoms with Crippen molar-refractivity contribution in [1.82, 2.24) is 0 Å². The van der Waals surface area contributed by atoms with E-state index in [-0.39, 0.29) is 0 Å². The zero-order valence-corrected chi connectivity index (χ0v) is 11.9. The van der Waals surface area contributed by atoms with Crippen LogP contribution in [-0.4, -0.2) is 10.2 Å². The summed E-state index contributed by atoms with van der Waals surface area (Å²) in [7, 11) is 2.30. The molecule has 0 saturated heterocycles. The summed E-state index contributed by atoms with van der Waals surface area (Å²) in [6.07, 6.45) is 7.40. The minimum atomic E-state index is 0.598. The molecule has 0 spiro atoms. The van der Waals surface area contributed by atoms with Crippen molar-refractivity contribution in [2.45, 2.75) is 64.8 Å². The van der Waals surface area contributed by atoms with Gasteiger partial charge in [-0.1, -0.05) is 59.8 Å². The highest BCUT2D eigenvalue weighted by atomic mass is 28.1. The van der Waals surface area contributed by atoms with E-state index in [4.69, 9.17) is 0 Å². The minimum absolute atomic E-state index is 0.598. The Labute approximate surface area is 93.3 Å². The predicted molar refractivity (Wildman–Crippen MR) is 67.5 cm³/mol. The van der Waals surface area contributed by atoms with Crippen LogP contribution in [0.2, 0.25) is 5.04 Å². The first-order chi connectivity index (χ1) is 6.49. The quantitative estimate of drug-likeness (QED) is 0.625. The van der Waals surface area contributed by atoms with Gasteiger partial charge in [-0.25, -0.2) is 0 Å². The zero-order chi connectivity index (χ0) is 10.8. The van der Waals surface area contributed by atoms with Crippen LogP contribution in [0.4, 0.5) is 0 Å². The van der Waals surface area contributed by atoms with Gasteiger partial charge in [-0.05, 0) is 22.8 Å². The van der Waals surface area contributed by atoms with E-state index in [1.165, 1.54) is 32.1 Å². The van der Waals surface area contributed by atoms with Crippen LogP contribution in [-0.2, 0) is 0 Å². The molecule has 1 heteroatoms. The molecular weight excluding hydrogens is 184 g/mol. The third kappa shape index (κ3) is 2.24. The number of hydrogen-bond acceptors (Lipinski definition) is 0. The first-order valence-electron chi connectivity index (χ1n) is 6.35. The lowest BCUT2D eigenvalue weighted by Gasteiger charge is -2.46. The lowest BCUT2D eigenvalue weighted by molar-refractivity contribution is 0.165. The lowest BCUT2D eigenvalue weighted by atomic mass is 9.69. The second kappa shape index (κ2) is 4.83. The van der Waals surface area contributed by atoms with Crippen molar-refractivity contribution in [3.63, 3.8) is 0 Å². The Balaban J connectivity index is 2.75. The molecule has 0 atom stereocenters. The third-order valence-corrected chi connectivity index (χ3v) is 6.73. The number of rotatable bonds is 3. The molecule has 1 radical (unpaired) electrons. The van der Waals surface area contributed by atoms with Crippen molar-refractivity contribution in [2.24, 2.45) is 17.8 Å². The van der Waals surface area contributed by atoms with E-state index in [0.717, 1.165) is 17.8 Å². The second-order valence-corrected chi connectivity index (χ2v) is 6.98. The molecule has 0 unspecified atom stereocenters. The molecule has 83 valence electrons. The van der Waals surface area contributed by atoms with Gasteiger partial charge in [-0.3, -0.25) is 0 Å². The third-order valence-electron chi connectivity index (χ3n) is 4.52. The molecule has 0 bridgehead atoms. The standard InChI is InChI=1S/C13H27Si/c1-10(2)13(14,11(3)4)12-8-6-5-7-9-12/h10-12H,5-9,14H2,1-4H3. The first kappa shape index (κ1) is 12.3. The molecular formula is C13H27Si. The Hall–Kier alpha value is 0.217. The summed E-state index contributed by atoms with van der Waals surface area (Å²) in [6.45, 7) is 9.67. The summed E-state index contributed by atoms with van der Waals surface area (Å²) in [5.74, 6) is 2.67. The summed E-state index contributed by atoms with van der Waals surface area (Å²) in [4.78, 5) is 0.